The maximum absolute atomic E-state index is 12.5. The first kappa shape index (κ1) is 9.23. The van der Waals surface area contributed by atoms with E-state index in [-0.39, 0.29) is 5.92 Å². The molecular formula is C9H12FO2-. The molecule has 3 heteroatoms. The van der Waals surface area contributed by atoms with Crippen molar-refractivity contribution >= 4 is 5.97 Å². The third-order valence-corrected chi connectivity index (χ3v) is 2.23. The summed E-state index contributed by atoms with van der Waals surface area (Å²) in [5, 5.41) is 10.0. The van der Waals surface area contributed by atoms with Gasteiger partial charge in [0.15, 0.2) is 0 Å². The van der Waals surface area contributed by atoms with E-state index >= 15 is 0 Å². The fourth-order valence-electron chi connectivity index (χ4n) is 1.58. The first-order valence-electron chi connectivity index (χ1n) is 4.29. The Bertz CT molecular complexity index is 193. The van der Waals surface area contributed by atoms with Gasteiger partial charge in [-0.15, -0.1) is 0 Å². The van der Waals surface area contributed by atoms with Crippen LogP contribution in [0.1, 0.15) is 32.1 Å². The van der Waals surface area contributed by atoms with Crippen molar-refractivity contribution < 1.29 is 14.3 Å². The molecule has 1 saturated carbocycles. The van der Waals surface area contributed by atoms with E-state index in [0.29, 0.717) is 0 Å². The number of hydrogen-bond donors (Lipinski definition) is 0. The van der Waals surface area contributed by atoms with Gasteiger partial charge in [0.25, 0.3) is 0 Å². The molecule has 0 unspecified atom stereocenters. The van der Waals surface area contributed by atoms with E-state index < -0.39 is 11.8 Å². The molecule has 0 bridgehead atoms. The van der Waals surface area contributed by atoms with Gasteiger partial charge in [-0.1, -0.05) is 19.3 Å². The van der Waals surface area contributed by atoms with Gasteiger partial charge in [0.2, 0.25) is 0 Å². The zero-order valence-electron chi connectivity index (χ0n) is 6.88. The third-order valence-electron chi connectivity index (χ3n) is 2.23. The van der Waals surface area contributed by atoms with Crippen LogP contribution in [0.25, 0.3) is 0 Å². The van der Waals surface area contributed by atoms with Crippen molar-refractivity contribution in [1.82, 2.24) is 0 Å². The highest BCUT2D eigenvalue weighted by atomic mass is 19.1. The second kappa shape index (κ2) is 4.24. The van der Waals surface area contributed by atoms with Crippen LogP contribution in [-0.2, 0) is 4.79 Å². The molecule has 1 aliphatic carbocycles. The fraction of sp³-hybridized carbons (Fsp3) is 0.667. The number of carboxylic acid groups (broad SMARTS) is 1. The van der Waals surface area contributed by atoms with Gasteiger partial charge in [-0.3, -0.25) is 0 Å². The summed E-state index contributed by atoms with van der Waals surface area (Å²) in [6.07, 6.45) is 6.32. The average molecular weight is 171 g/mol. The van der Waals surface area contributed by atoms with E-state index in [1.54, 1.807) is 0 Å². The van der Waals surface area contributed by atoms with Crippen LogP contribution in [0.15, 0.2) is 11.9 Å². The molecule has 1 aliphatic rings. The molecule has 1 fully saturated rings. The molecule has 0 spiro atoms. The summed E-state index contributed by atoms with van der Waals surface area (Å²) >= 11 is 0. The molecule has 1 rings (SSSR count). The monoisotopic (exact) mass is 171 g/mol. The first-order valence-corrected chi connectivity index (χ1v) is 4.29. The average Bonchev–Trinajstić information content (AvgIpc) is 2.06. The van der Waals surface area contributed by atoms with Crippen molar-refractivity contribution in [3.05, 3.63) is 11.9 Å². The van der Waals surface area contributed by atoms with Gasteiger partial charge in [-0.05, 0) is 24.8 Å². The topological polar surface area (TPSA) is 40.1 Å². The Morgan fingerprint density at radius 1 is 1.33 bits per heavy atom. The largest absolute Gasteiger partial charge is 0.542 e. The minimum atomic E-state index is -1.69. The number of halogens is 1. The molecule has 68 valence electrons. The highest BCUT2D eigenvalue weighted by molar-refractivity contribution is 5.81. The molecule has 12 heavy (non-hydrogen) atoms. The normalized spacial score (nSPS) is 20.9. The lowest BCUT2D eigenvalue weighted by molar-refractivity contribution is -0.301. The van der Waals surface area contributed by atoms with Gasteiger partial charge < -0.3 is 9.90 Å². The lowest BCUT2D eigenvalue weighted by Crippen LogP contribution is -2.23. The Kier molecular flexibility index (Phi) is 3.26. The number of carbonyl (C=O) groups excluding carboxylic acids is 1. The Morgan fingerprint density at radius 2 is 1.92 bits per heavy atom. The predicted molar refractivity (Wildman–Crippen MR) is 40.8 cm³/mol. The molecule has 0 radical (unpaired) electrons. The summed E-state index contributed by atoms with van der Waals surface area (Å²) in [6, 6.07) is 0. The van der Waals surface area contributed by atoms with Crippen molar-refractivity contribution in [2.24, 2.45) is 5.92 Å². The molecule has 0 amide bonds. The summed E-state index contributed by atoms with van der Waals surface area (Å²) in [6.45, 7) is 0. The maximum Gasteiger partial charge on any atom is 0.142 e. The predicted octanol–water partition coefficient (Wildman–Crippen LogP) is 1.17. The smallest absolute Gasteiger partial charge is 0.142 e. The van der Waals surface area contributed by atoms with Gasteiger partial charge in [-0.2, -0.15) is 0 Å². The molecule has 0 atom stereocenters. The number of rotatable bonds is 2. The molecule has 0 aliphatic heterocycles. The van der Waals surface area contributed by atoms with E-state index in [4.69, 9.17) is 0 Å². The first-order chi connectivity index (χ1) is 5.70. The second-order valence-corrected chi connectivity index (χ2v) is 3.20. The molecule has 0 aromatic carbocycles. The Morgan fingerprint density at radius 3 is 2.42 bits per heavy atom. The quantitative estimate of drug-likeness (QED) is 0.585. The fourth-order valence-corrected chi connectivity index (χ4v) is 1.58. The Labute approximate surface area is 71.1 Å². The zero-order chi connectivity index (χ0) is 8.97. The van der Waals surface area contributed by atoms with Gasteiger partial charge in [0.05, 0.1) is 5.97 Å². The van der Waals surface area contributed by atoms with Gasteiger partial charge in [0, 0.05) is 0 Å². The maximum atomic E-state index is 12.5. The van der Waals surface area contributed by atoms with Gasteiger partial charge in [0.1, 0.15) is 5.83 Å². The highest BCUT2D eigenvalue weighted by Gasteiger charge is 2.11. The number of carbonyl (C=O) groups is 1. The Balaban J connectivity index is 2.47. The van der Waals surface area contributed by atoms with E-state index in [1.165, 1.54) is 12.5 Å². The highest BCUT2D eigenvalue weighted by Crippen LogP contribution is 2.25. The summed E-state index contributed by atoms with van der Waals surface area (Å²) in [5.74, 6) is -2.70. The number of carboxylic acids is 1. The zero-order valence-corrected chi connectivity index (χ0v) is 6.88. The lowest BCUT2D eigenvalue weighted by atomic mass is 9.89. The number of allylic oxidation sites excluding steroid dienone is 1. The van der Waals surface area contributed by atoms with Crippen LogP contribution in [0.5, 0.6) is 0 Å². The molecule has 0 saturated heterocycles. The van der Waals surface area contributed by atoms with Crippen molar-refractivity contribution in [3.8, 4) is 0 Å². The van der Waals surface area contributed by atoms with E-state index in [0.717, 1.165) is 25.7 Å². The summed E-state index contributed by atoms with van der Waals surface area (Å²) in [7, 11) is 0. The molecule has 2 nitrogen and oxygen atoms in total. The van der Waals surface area contributed by atoms with Crippen LogP contribution in [0.3, 0.4) is 0 Å². The van der Waals surface area contributed by atoms with Crippen molar-refractivity contribution in [2.45, 2.75) is 32.1 Å². The van der Waals surface area contributed by atoms with Crippen LogP contribution < -0.4 is 5.11 Å². The Hall–Kier alpha value is -0.860. The van der Waals surface area contributed by atoms with Crippen molar-refractivity contribution in [2.75, 3.05) is 0 Å². The van der Waals surface area contributed by atoms with Gasteiger partial charge >= 0.3 is 0 Å². The number of aliphatic carboxylic acids is 1. The molecule has 0 N–H and O–H groups in total. The third kappa shape index (κ3) is 2.64. The minimum Gasteiger partial charge on any atom is -0.542 e. The summed E-state index contributed by atoms with van der Waals surface area (Å²) < 4.78 is 12.5. The van der Waals surface area contributed by atoms with Crippen LogP contribution in [0.4, 0.5) is 4.39 Å². The van der Waals surface area contributed by atoms with Crippen LogP contribution in [0, 0.1) is 5.92 Å². The standard InChI is InChI=1S/C9H13FO2/c10-8(9(11)12)6-7-4-2-1-3-5-7/h6-7H,1-5H2,(H,11,12)/p-1/b8-6-. The molecular weight excluding hydrogens is 159 g/mol. The van der Waals surface area contributed by atoms with Crippen LogP contribution >= 0.6 is 0 Å². The minimum absolute atomic E-state index is 0.108. The van der Waals surface area contributed by atoms with E-state index in [1.807, 2.05) is 0 Å². The van der Waals surface area contributed by atoms with Gasteiger partial charge in [-0.25, -0.2) is 4.39 Å². The van der Waals surface area contributed by atoms with E-state index in [9.17, 15) is 14.3 Å². The molecule has 0 aromatic heterocycles. The summed E-state index contributed by atoms with van der Waals surface area (Å²) in [4.78, 5) is 10.0. The second-order valence-electron chi connectivity index (χ2n) is 3.20. The van der Waals surface area contributed by atoms with Crippen molar-refractivity contribution in [3.63, 3.8) is 0 Å². The number of hydrogen-bond acceptors (Lipinski definition) is 2. The van der Waals surface area contributed by atoms with Crippen LogP contribution in [0.2, 0.25) is 0 Å². The lowest BCUT2D eigenvalue weighted by Gasteiger charge is -2.18. The SMILES string of the molecule is O=C([O-])/C(F)=C/C1CCCCC1. The van der Waals surface area contributed by atoms with Crippen LogP contribution in [-0.4, -0.2) is 5.97 Å². The molecule has 0 aromatic rings. The molecule has 0 heterocycles. The van der Waals surface area contributed by atoms with E-state index in [2.05, 4.69) is 0 Å². The van der Waals surface area contributed by atoms with Crippen molar-refractivity contribution in [1.29, 1.82) is 0 Å². The summed E-state index contributed by atoms with van der Waals surface area (Å²) in [5.41, 5.74) is 0.